The van der Waals surface area contributed by atoms with E-state index in [1.807, 2.05) is 13.1 Å². The molecule has 10 heavy (non-hydrogen) atoms. The van der Waals surface area contributed by atoms with Gasteiger partial charge in [0, 0.05) is 0 Å². The zero-order chi connectivity index (χ0) is 7.40. The molecule has 0 N–H and O–H groups in total. The van der Waals surface area contributed by atoms with Gasteiger partial charge in [0.2, 0.25) is 0 Å². The molecule has 0 bridgehead atoms. The molecule has 0 saturated heterocycles. The summed E-state index contributed by atoms with van der Waals surface area (Å²) in [5.74, 6) is 0. The van der Waals surface area contributed by atoms with Crippen LogP contribution in [-0.2, 0) is 0 Å². The Hall–Kier alpha value is -0.790. The Kier molecular flexibility index (Phi) is 2.49. The van der Waals surface area contributed by atoms with Crippen LogP contribution in [0.15, 0.2) is 16.4 Å². The first-order valence-corrected chi connectivity index (χ1v) is 3.78. The lowest BCUT2D eigenvalue weighted by molar-refractivity contribution is 0.792. The van der Waals surface area contributed by atoms with Gasteiger partial charge in [-0.2, -0.15) is 10.5 Å². The molecule has 0 aliphatic carbocycles. The van der Waals surface area contributed by atoms with Gasteiger partial charge in [-0.25, -0.2) is 0 Å². The SMILES string of the molecule is CCCCC1=C(C)[N]N=C1. The summed E-state index contributed by atoms with van der Waals surface area (Å²) in [5, 5.41) is 3.82. The summed E-state index contributed by atoms with van der Waals surface area (Å²) in [4.78, 5) is 0. The van der Waals surface area contributed by atoms with E-state index in [1.54, 1.807) is 0 Å². The molecular formula is C8H13N2. The first-order valence-electron chi connectivity index (χ1n) is 3.78. The molecule has 0 aromatic rings. The van der Waals surface area contributed by atoms with Crippen molar-refractivity contribution in [3.8, 4) is 0 Å². The van der Waals surface area contributed by atoms with Crippen molar-refractivity contribution in [3.05, 3.63) is 11.3 Å². The minimum atomic E-state index is 1.09. The van der Waals surface area contributed by atoms with Gasteiger partial charge in [-0.3, -0.25) is 0 Å². The molecule has 0 aromatic heterocycles. The van der Waals surface area contributed by atoms with Crippen molar-refractivity contribution < 1.29 is 0 Å². The largest absolute Gasteiger partial charge is 0.159 e. The lowest BCUT2D eigenvalue weighted by Crippen LogP contribution is -1.89. The zero-order valence-electron chi connectivity index (χ0n) is 6.59. The van der Waals surface area contributed by atoms with Crippen LogP contribution < -0.4 is 5.43 Å². The Morgan fingerprint density at radius 3 is 2.80 bits per heavy atom. The maximum atomic E-state index is 3.92. The van der Waals surface area contributed by atoms with Gasteiger partial charge in [0.05, 0.1) is 11.9 Å². The van der Waals surface area contributed by atoms with Crippen molar-refractivity contribution in [2.75, 3.05) is 0 Å². The molecule has 55 valence electrons. The second-order valence-electron chi connectivity index (χ2n) is 2.56. The van der Waals surface area contributed by atoms with Gasteiger partial charge >= 0.3 is 0 Å². The zero-order valence-corrected chi connectivity index (χ0v) is 6.59. The van der Waals surface area contributed by atoms with Crippen molar-refractivity contribution in [3.63, 3.8) is 0 Å². The Morgan fingerprint density at radius 2 is 2.30 bits per heavy atom. The van der Waals surface area contributed by atoms with Crippen LogP contribution in [0.25, 0.3) is 0 Å². The topological polar surface area (TPSA) is 26.5 Å². The van der Waals surface area contributed by atoms with E-state index in [0.29, 0.717) is 0 Å². The maximum absolute atomic E-state index is 3.92. The molecule has 1 heterocycles. The van der Waals surface area contributed by atoms with E-state index >= 15 is 0 Å². The van der Waals surface area contributed by atoms with Crippen LogP contribution >= 0.6 is 0 Å². The molecule has 1 rings (SSSR count). The Labute approximate surface area is 62.0 Å². The Morgan fingerprint density at radius 1 is 1.50 bits per heavy atom. The number of allylic oxidation sites excluding steroid dienone is 2. The predicted octanol–water partition coefficient (Wildman–Crippen LogP) is 2.05. The second kappa shape index (κ2) is 3.40. The van der Waals surface area contributed by atoms with Crippen molar-refractivity contribution in [2.45, 2.75) is 33.1 Å². The first-order chi connectivity index (χ1) is 4.84. The number of unbranched alkanes of at least 4 members (excludes halogenated alkanes) is 1. The molecule has 0 unspecified atom stereocenters. The predicted molar refractivity (Wildman–Crippen MR) is 42.9 cm³/mol. The lowest BCUT2D eigenvalue weighted by Gasteiger charge is -1.96. The molecule has 0 fully saturated rings. The van der Waals surface area contributed by atoms with Crippen molar-refractivity contribution >= 4 is 6.21 Å². The van der Waals surface area contributed by atoms with Crippen LogP contribution in [0.1, 0.15) is 33.1 Å². The van der Waals surface area contributed by atoms with Gasteiger partial charge in [-0.1, -0.05) is 13.3 Å². The molecule has 2 nitrogen and oxygen atoms in total. The summed E-state index contributed by atoms with van der Waals surface area (Å²) in [6.07, 6.45) is 5.49. The summed E-state index contributed by atoms with van der Waals surface area (Å²) >= 11 is 0. The molecule has 1 aliphatic rings. The summed E-state index contributed by atoms with van der Waals surface area (Å²) in [5.41, 5.74) is 6.32. The average Bonchev–Trinajstić information content (AvgIpc) is 2.31. The van der Waals surface area contributed by atoms with E-state index in [-0.39, 0.29) is 0 Å². The highest BCUT2D eigenvalue weighted by molar-refractivity contribution is 5.81. The molecule has 0 amide bonds. The molecule has 0 atom stereocenters. The third-order valence-electron chi connectivity index (χ3n) is 1.69. The van der Waals surface area contributed by atoms with E-state index in [0.717, 1.165) is 12.1 Å². The van der Waals surface area contributed by atoms with Crippen molar-refractivity contribution in [1.82, 2.24) is 5.43 Å². The van der Waals surface area contributed by atoms with Crippen molar-refractivity contribution in [2.24, 2.45) is 5.10 Å². The number of rotatable bonds is 3. The minimum Gasteiger partial charge on any atom is -0.159 e. The fourth-order valence-corrected chi connectivity index (χ4v) is 0.955. The highest BCUT2D eigenvalue weighted by Gasteiger charge is 2.05. The summed E-state index contributed by atoms with van der Waals surface area (Å²) in [7, 11) is 0. The van der Waals surface area contributed by atoms with E-state index in [1.165, 1.54) is 18.4 Å². The quantitative estimate of drug-likeness (QED) is 0.569. The maximum Gasteiger partial charge on any atom is 0.0647 e. The van der Waals surface area contributed by atoms with E-state index in [9.17, 15) is 0 Å². The molecule has 2 heteroatoms. The standard InChI is InChI=1S/C8H13N2/c1-3-4-5-8-6-9-10-7(8)2/h6H,3-5H2,1-2H3. The van der Waals surface area contributed by atoms with Crippen LogP contribution in [0, 0.1) is 0 Å². The second-order valence-corrected chi connectivity index (χ2v) is 2.56. The third kappa shape index (κ3) is 1.59. The fourth-order valence-electron chi connectivity index (χ4n) is 0.955. The van der Waals surface area contributed by atoms with Crippen molar-refractivity contribution in [1.29, 1.82) is 0 Å². The third-order valence-corrected chi connectivity index (χ3v) is 1.69. The van der Waals surface area contributed by atoms with Gasteiger partial charge in [0.1, 0.15) is 0 Å². The van der Waals surface area contributed by atoms with Gasteiger partial charge in [-0.15, -0.1) is 0 Å². The van der Waals surface area contributed by atoms with Crippen LogP contribution in [0.2, 0.25) is 0 Å². The molecule has 0 saturated carbocycles. The van der Waals surface area contributed by atoms with Gasteiger partial charge in [0.25, 0.3) is 0 Å². The fraction of sp³-hybridized carbons (Fsp3) is 0.625. The van der Waals surface area contributed by atoms with Gasteiger partial charge < -0.3 is 0 Å². The van der Waals surface area contributed by atoms with Crippen LogP contribution in [0.5, 0.6) is 0 Å². The highest BCUT2D eigenvalue weighted by Crippen LogP contribution is 2.12. The van der Waals surface area contributed by atoms with Gasteiger partial charge in [-0.05, 0) is 25.3 Å². The summed E-state index contributed by atoms with van der Waals surface area (Å²) < 4.78 is 0. The molecule has 1 aliphatic heterocycles. The van der Waals surface area contributed by atoms with E-state index < -0.39 is 0 Å². The van der Waals surface area contributed by atoms with Crippen LogP contribution in [0.3, 0.4) is 0 Å². The smallest absolute Gasteiger partial charge is 0.0647 e. The number of hydrogen-bond acceptors (Lipinski definition) is 1. The monoisotopic (exact) mass is 137 g/mol. The Balaban J connectivity index is 2.38. The van der Waals surface area contributed by atoms with E-state index in [4.69, 9.17) is 0 Å². The minimum absolute atomic E-state index is 1.09. The Bertz CT molecular complexity index is 168. The molecule has 0 spiro atoms. The lowest BCUT2D eigenvalue weighted by atomic mass is 10.1. The first kappa shape index (κ1) is 7.32. The number of hydrogen-bond donors (Lipinski definition) is 0. The van der Waals surface area contributed by atoms with Crippen LogP contribution in [-0.4, -0.2) is 6.21 Å². The number of nitrogens with zero attached hydrogens (tertiary/aromatic N) is 2. The average molecular weight is 137 g/mol. The molecule has 1 radical (unpaired) electrons. The molecular weight excluding hydrogens is 124 g/mol. The van der Waals surface area contributed by atoms with Gasteiger partial charge in [0.15, 0.2) is 0 Å². The normalized spacial score (nSPS) is 16.2. The summed E-state index contributed by atoms with van der Waals surface area (Å²) in [6, 6.07) is 0. The summed E-state index contributed by atoms with van der Waals surface area (Å²) in [6.45, 7) is 4.21. The highest BCUT2D eigenvalue weighted by atomic mass is 15.3. The van der Waals surface area contributed by atoms with Crippen LogP contribution in [0.4, 0.5) is 0 Å². The molecule has 0 aromatic carbocycles. The van der Waals surface area contributed by atoms with E-state index in [2.05, 4.69) is 17.5 Å².